The molecule has 0 N–H and O–H groups in total. The van der Waals surface area contributed by atoms with Gasteiger partial charge in [0, 0.05) is 5.54 Å². The molecule has 0 spiro atoms. The average molecular weight is 405 g/mol. The first kappa shape index (κ1) is 22.9. The third-order valence-electron chi connectivity index (χ3n) is 8.23. The summed E-state index contributed by atoms with van der Waals surface area (Å²) in [6, 6.07) is 17.1. The first-order chi connectivity index (χ1) is 12.7. The van der Waals surface area contributed by atoms with Gasteiger partial charge in [0.25, 0.3) is 0 Å². The summed E-state index contributed by atoms with van der Waals surface area (Å²) in [4.78, 5) is 0. The summed E-state index contributed by atoms with van der Waals surface area (Å²) in [6.07, 6.45) is 0. The standard InChI is InChI=1S/C24H44OSi2/c1-10-26(11-2,12-3)22-20-18-16-17-19-21(20)24(22,23(7,8)9)25-27(13-4,14-5)15-6/h16-19,22H,10-15H2,1-9H3/t22-,24-/m0/s1. The van der Waals surface area contributed by atoms with Crippen LogP contribution in [0.3, 0.4) is 0 Å². The van der Waals surface area contributed by atoms with Crippen molar-refractivity contribution >= 4 is 16.4 Å². The largest absolute Gasteiger partial charge is 0.406 e. The Labute approximate surface area is 171 Å². The van der Waals surface area contributed by atoms with E-state index in [1.807, 2.05) is 0 Å². The van der Waals surface area contributed by atoms with Gasteiger partial charge in [-0.15, -0.1) is 0 Å². The quantitative estimate of drug-likeness (QED) is 0.378. The maximum atomic E-state index is 7.60. The van der Waals surface area contributed by atoms with E-state index in [9.17, 15) is 0 Å². The van der Waals surface area contributed by atoms with Gasteiger partial charge in [-0.25, -0.2) is 0 Å². The average Bonchev–Trinajstić information content (AvgIpc) is 2.67. The molecule has 0 heterocycles. The third-order valence-corrected chi connectivity index (χ3v) is 19.0. The highest BCUT2D eigenvalue weighted by Crippen LogP contribution is 2.66. The third kappa shape index (κ3) is 3.32. The fraction of sp³-hybridized carbons (Fsp3) is 0.750. The molecule has 2 rings (SSSR count). The lowest BCUT2D eigenvalue weighted by Gasteiger charge is -2.65. The number of fused-ring (bicyclic) bond motifs is 1. The van der Waals surface area contributed by atoms with E-state index in [2.05, 4.69) is 86.6 Å². The Bertz CT molecular complexity index is 609. The van der Waals surface area contributed by atoms with Gasteiger partial charge in [0.2, 0.25) is 0 Å². The maximum Gasteiger partial charge on any atom is 0.193 e. The first-order valence-corrected chi connectivity index (χ1v) is 16.7. The van der Waals surface area contributed by atoms with E-state index in [4.69, 9.17) is 4.43 Å². The molecule has 1 aliphatic rings. The van der Waals surface area contributed by atoms with Crippen LogP contribution >= 0.6 is 0 Å². The highest BCUT2D eigenvalue weighted by molar-refractivity contribution is 6.82. The summed E-state index contributed by atoms with van der Waals surface area (Å²) in [7, 11) is -3.21. The highest BCUT2D eigenvalue weighted by atomic mass is 28.4. The van der Waals surface area contributed by atoms with Crippen LogP contribution in [0.5, 0.6) is 0 Å². The minimum Gasteiger partial charge on any atom is -0.406 e. The van der Waals surface area contributed by atoms with Gasteiger partial charge in [-0.1, -0.05) is 105 Å². The van der Waals surface area contributed by atoms with E-state index in [1.165, 1.54) is 41.8 Å². The molecule has 1 aromatic carbocycles. The van der Waals surface area contributed by atoms with Gasteiger partial charge in [-0.3, -0.25) is 0 Å². The fourth-order valence-electron chi connectivity index (χ4n) is 5.92. The van der Waals surface area contributed by atoms with Crippen molar-refractivity contribution in [2.24, 2.45) is 5.41 Å². The second-order valence-electron chi connectivity index (χ2n) is 9.77. The molecule has 1 aliphatic carbocycles. The molecule has 0 saturated heterocycles. The van der Waals surface area contributed by atoms with Crippen LogP contribution < -0.4 is 0 Å². The molecule has 0 aliphatic heterocycles. The molecule has 1 aromatic rings. The van der Waals surface area contributed by atoms with Crippen molar-refractivity contribution in [3.63, 3.8) is 0 Å². The predicted octanol–water partition coefficient (Wildman–Crippen LogP) is 8.09. The van der Waals surface area contributed by atoms with Gasteiger partial charge in [0.05, 0.1) is 13.7 Å². The smallest absolute Gasteiger partial charge is 0.193 e. The first-order valence-electron chi connectivity index (χ1n) is 11.5. The van der Waals surface area contributed by atoms with Crippen LogP contribution in [-0.4, -0.2) is 16.4 Å². The molecular formula is C24H44OSi2. The Morgan fingerprint density at radius 3 is 1.70 bits per heavy atom. The second kappa shape index (κ2) is 8.16. The number of rotatable bonds is 9. The summed E-state index contributed by atoms with van der Waals surface area (Å²) in [5.41, 5.74) is 3.80. The molecule has 154 valence electrons. The zero-order valence-electron chi connectivity index (χ0n) is 19.5. The van der Waals surface area contributed by atoms with Crippen LogP contribution in [0, 0.1) is 5.41 Å². The lowest BCUT2D eigenvalue weighted by Crippen LogP contribution is -2.66. The van der Waals surface area contributed by atoms with Crippen molar-refractivity contribution < 1.29 is 4.43 Å². The molecule has 3 heteroatoms. The van der Waals surface area contributed by atoms with Crippen LogP contribution in [0.2, 0.25) is 36.3 Å². The van der Waals surface area contributed by atoms with Gasteiger partial charge in [0.1, 0.15) is 0 Å². The van der Waals surface area contributed by atoms with Crippen LogP contribution in [0.15, 0.2) is 24.3 Å². The lowest BCUT2D eigenvalue weighted by molar-refractivity contribution is -0.0782. The van der Waals surface area contributed by atoms with Crippen molar-refractivity contribution in [3.8, 4) is 0 Å². The Balaban J connectivity index is 2.77. The minimum absolute atomic E-state index is 0.0912. The van der Waals surface area contributed by atoms with E-state index >= 15 is 0 Å². The number of hydrogen-bond acceptors (Lipinski definition) is 1. The molecule has 27 heavy (non-hydrogen) atoms. The Kier molecular flexibility index (Phi) is 6.92. The molecule has 0 fully saturated rings. The van der Waals surface area contributed by atoms with Crippen molar-refractivity contribution in [2.45, 2.75) is 110 Å². The number of benzene rings is 1. The van der Waals surface area contributed by atoms with E-state index in [1.54, 1.807) is 5.56 Å². The molecule has 0 aromatic heterocycles. The SMILES string of the molecule is CC[Si](CC)(CC)O[C@@]1(C(C)(C)C)c2ccccc2[C@@H]1[Si](CC)(CC)CC. The lowest BCUT2D eigenvalue weighted by atomic mass is 9.60. The van der Waals surface area contributed by atoms with Crippen molar-refractivity contribution in [1.82, 2.24) is 0 Å². The van der Waals surface area contributed by atoms with Gasteiger partial charge < -0.3 is 4.43 Å². The van der Waals surface area contributed by atoms with E-state index < -0.39 is 16.4 Å². The van der Waals surface area contributed by atoms with Crippen molar-refractivity contribution in [2.75, 3.05) is 0 Å². The zero-order chi connectivity index (χ0) is 20.5. The summed E-state index contributed by atoms with van der Waals surface area (Å²) >= 11 is 0. The van der Waals surface area contributed by atoms with Crippen LogP contribution in [0.4, 0.5) is 0 Å². The summed E-state index contributed by atoms with van der Waals surface area (Å²) < 4.78 is 7.60. The topological polar surface area (TPSA) is 9.23 Å². The maximum absolute atomic E-state index is 7.60. The minimum atomic E-state index is -1.74. The molecule has 0 bridgehead atoms. The van der Waals surface area contributed by atoms with Gasteiger partial charge in [0.15, 0.2) is 8.32 Å². The van der Waals surface area contributed by atoms with Crippen LogP contribution in [-0.2, 0) is 10.0 Å². The molecule has 0 unspecified atom stereocenters. The highest BCUT2D eigenvalue weighted by Gasteiger charge is 2.66. The van der Waals surface area contributed by atoms with Crippen molar-refractivity contribution in [3.05, 3.63) is 35.4 Å². The second-order valence-corrected chi connectivity index (χ2v) is 19.9. The van der Waals surface area contributed by atoms with Crippen LogP contribution in [0.1, 0.15) is 79.0 Å². The Morgan fingerprint density at radius 1 is 0.815 bits per heavy atom. The zero-order valence-corrected chi connectivity index (χ0v) is 21.5. The predicted molar refractivity (Wildman–Crippen MR) is 126 cm³/mol. The summed E-state index contributed by atoms with van der Waals surface area (Å²) in [6.45, 7) is 21.8. The molecular weight excluding hydrogens is 360 g/mol. The Hall–Kier alpha value is -0.386. The van der Waals surface area contributed by atoms with Crippen molar-refractivity contribution in [1.29, 1.82) is 0 Å². The van der Waals surface area contributed by atoms with E-state index in [0.717, 1.165) is 0 Å². The number of hydrogen-bond donors (Lipinski definition) is 0. The van der Waals surface area contributed by atoms with Gasteiger partial charge in [-0.05, 0) is 34.7 Å². The monoisotopic (exact) mass is 404 g/mol. The van der Waals surface area contributed by atoms with Gasteiger partial charge >= 0.3 is 0 Å². The molecule has 0 radical (unpaired) electrons. The molecule has 0 saturated carbocycles. The molecule has 0 amide bonds. The molecule has 1 nitrogen and oxygen atoms in total. The normalized spacial score (nSPS) is 23.1. The molecule has 2 atom stereocenters. The van der Waals surface area contributed by atoms with E-state index in [-0.39, 0.29) is 11.0 Å². The van der Waals surface area contributed by atoms with Gasteiger partial charge in [-0.2, -0.15) is 0 Å². The van der Waals surface area contributed by atoms with Crippen LogP contribution in [0.25, 0.3) is 0 Å². The summed E-state index contributed by atoms with van der Waals surface area (Å²) in [5.74, 6) is 0. The van der Waals surface area contributed by atoms with E-state index in [0.29, 0.717) is 5.54 Å². The fourth-order valence-corrected chi connectivity index (χ4v) is 14.3. The Morgan fingerprint density at radius 2 is 1.30 bits per heavy atom. The summed E-state index contributed by atoms with van der Waals surface area (Å²) in [5, 5.41) is 0.